The molecule has 0 radical (unpaired) electrons. The molecule has 0 saturated heterocycles. The van der Waals surface area contributed by atoms with Gasteiger partial charge in [0.25, 0.3) is 0 Å². The van der Waals surface area contributed by atoms with Crippen LogP contribution in [0.3, 0.4) is 0 Å². The van der Waals surface area contributed by atoms with E-state index in [0.717, 1.165) is 25.7 Å². The van der Waals surface area contributed by atoms with Gasteiger partial charge in [0, 0.05) is 0 Å². The summed E-state index contributed by atoms with van der Waals surface area (Å²) in [5.74, 6) is 0. The van der Waals surface area contributed by atoms with E-state index in [2.05, 4.69) is 60.7 Å². The zero-order chi connectivity index (χ0) is 14.5. The van der Waals surface area contributed by atoms with E-state index in [9.17, 15) is 0 Å². The maximum atomic E-state index is 2.37. The minimum absolute atomic E-state index is 1.10. The number of hydrogen-bond acceptors (Lipinski definition) is 0. The maximum absolute atomic E-state index is 2.37. The molecule has 0 heterocycles. The molecule has 0 saturated carbocycles. The standard InChI is InChI=1S/C22H18/c1-3-7-17-13-21-19(11-15(17)5-1)9-10-20-12-16-6-2-4-8-18(16)14-22(20)21/h1-10H,11-14H2. The van der Waals surface area contributed by atoms with Crippen molar-refractivity contribution in [2.75, 3.05) is 0 Å². The summed E-state index contributed by atoms with van der Waals surface area (Å²) in [6.07, 6.45) is 4.41. The fraction of sp³-hybridized carbons (Fsp3) is 0.182. The fourth-order valence-electron chi connectivity index (χ4n) is 4.16. The Kier molecular flexibility index (Phi) is 2.54. The highest BCUT2D eigenvalue weighted by molar-refractivity contribution is 5.55. The zero-order valence-electron chi connectivity index (χ0n) is 12.6. The van der Waals surface area contributed by atoms with Crippen LogP contribution in [-0.4, -0.2) is 0 Å². The Bertz CT molecular complexity index is 812. The molecule has 0 amide bonds. The highest BCUT2D eigenvalue weighted by Crippen LogP contribution is 2.36. The van der Waals surface area contributed by atoms with Gasteiger partial charge in [0.05, 0.1) is 0 Å². The second-order valence-electron chi connectivity index (χ2n) is 6.59. The van der Waals surface area contributed by atoms with E-state index in [-0.39, 0.29) is 0 Å². The molecule has 0 aromatic heterocycles. The van der Waals surface area contributed by atoms with Gasteiger partial charge in [-0.25, -0.2) is 0 Å². The second kappa shape index (κ2) is 4.58. The molecule has 3 aromatic rings. The summed E-state index contributed by atoms with van der Waals surface area (Å²) in [6, 6.07) is 22.6. The number of hydrogen-bond donors (Lipinski definition) is 0. The third kappa shape index (κ3) is 1.77. The number of rotatable bonds is 0. The van der Waals surface area contributed by atoms with Gasteiger partial charge >= 0.3 is 0 Å². The van der Waals surface area contributed by atoms with Crippen molar-refractivity contribution in [3.8, 4) is 0 Å². The molecule has 0 heteroatoms. The Morgan fingerprint density at radius 1 is 0.364 bits per heavy atom. The van der Waals surface area contributed by atoms with Crippen LogP contribution in [0.1, 0.15) is 44.5 Å². The van der Waals surface area contributed by atoms with Crippen LogP contribution in [0.2, 0.25) is 0 Å². The normalized spacial score (nSPS) is 14.5. The molecule has 0 fully saturated rings. The van der Waals surface area contributed by atoms with E-state index in [1.165, 1.54) is 33.4 Å². The van der Waals surface area contributed by atoms with Crippen LogP contribution in [0.25, 0.3) is 0 Å². The van der Waals surface area contributed by atoms with Gasteiger partial charge in [0.15, 0.2) is 0 Å². The summed E-state index contributed by atoms with van der Waals surface area (Å²) in [5.41, 5.74) is 12.3. The molecule has 2 aliphatic rings. The Hall–Kier alpha value is -2.34. The average molecular weight is 282 g/mol. The molecule has 0 spiro atoms. The predicted molar refractivity (Wildman–Crippen MR) is 90.6 cm³/mol. The molecule has 0 nitrogen and oxygen atoms in total. The highest BCUT2D eigenvalue weighted by Gasteiger charge is 2.23. The van der Waals surface area contributed by atoms with Gasteiger partial charge in [-0.05, 0) is 70.2 Å². The van der Waals surface area contributed by atoms with Crippen molar-refractivity contribution >= 4 is 0 Å². The summed E-state index contributed by atoms with van der Waals surface area (Å²) in [5, 5.41) is 0. The molecule has 106 valence electrons. The first-order valence-electron chi connectivity index (χ1n) is 8.14. The summed E-state index contributed by atoms with van der Waals surface area (Å²) in [4.78, 5) is 0. The zero-order valence-corrected chi connectivity index (χ0v) is 12.6. The first-order valence-corrected chi connectivity index (χ1v) is 8.14. The van der Waals surface area contributed by atoms with Gasteiger partial charge in [-0.1, -0.05) is 60.7 Å². The number of fused-ring (bicyclic) bond motifs is 5. The molecular formula is C22H18. The van der Waals surface area contributed by atoms with E-state index in [1.807, 2.05) is 0 Å². The SMILES string of the molecule is c1ccc2c(c1)Cc1ccc3c(c1C2)Cc1ccccc1C3. The smallest absolute Gasteiger partial charge is 0.00171 e. The lowest BCUT2D eigenvalue weighted by Gasteiger charge is -2.28. The van der Waals surface area contributed by atoms with E-state index in [1.54, 1.807) is 11.1 Å². The molecule has 22 heavy (non-hydrogen) atoms. The van der Waals surface area contributed by atoms with Gasteiger partial charge in [0.2, 0.25) is 0 Å². The molecule has 0 unspecified atom stereocenters. The lowest BCUT2D eigenvalue weighted by molar-refractivity contribution is 0.919. The van der Waals surface area contributed by atoms with Gasteiger partial charge in [-0.3, -0.25) is 0 Å². The molecule has 0 N–H and O–H groups in total. The highest BCUT2D eigenvalue weighted by atomic mass is 14.3. The Balaban J connectivity index is 1.64. The largest absolute Gasteiger partial charge is 0.0620 e. The first kappa shape index (κ1) is 12.2. The fourth-order valence-corrected chi connectivity index (χ4v) is 4.16. The minimum Gasteiger partial charge on any atom is -0.0620 e. The summed E-state index contributed by atoms with van der Waals surface area (Å²) in [6.45, 7) is 0. The Morgan fingerprint density at radius 2 is 0.727 bits per heavy atom. The van der Waals surface area contributed by atoms with Gasteiger partial charge in [-0.2, -0.15) is 0 Å². The van der Waals surface area contributed by atoms with Crippen LogP contribution in [0.5, 0.6) is 0 Å². The van der Waals surface area contributed by atoms with Gasteiger partial charge < -0.3 is 0 Å². The molecule has 2 aliphatic carbocycles. The molecule has 3 aromatic carbocycles. The van der Waals surface area contributed by atoms with Gasteiger partial charge in [0.1, 0.15) is 0 Å². The molecule has 0 atom stereocenters. The van der Waals surface area contributed by atoms with E-state index >= 15 is 0 Å². The minimum atomic E-state index is 1.10. The van der Waals surface area contributed by atoms with E-state index in [4.69, 9.17) is 0 Å². The van der Waals surface area contributed by atoms with Crippen LogP contribution >= 0.6 is 0 Å². The quantitative estimate of drug-likeness (QED) is 0.387. The monoisotopic (exact) mass is 282 g/mol. The van der Waals surface area contributed by atoms with Crippen LogP contribution in [-0.2, 0) is 25.7 Å². The third-order valence-corrected chi connectivity index (χ3v) is 5.36. The van der Waals surface area contributed by atoms with Crippen molar-refractivity contribution < 1.29 is 0 Å². The lowest BCUT2D eigenvalue weighted by atomic mass is 9.77. The third-order valence-electron chi connectivity index (χ3n) is 5.36. The summed E-state index contributed by atoms with van der Waals surface area (Å²) in [7, 11) is 0. The summed E-state index contributed by atoms with van der Waals surface area (Å²) < 4.78 is 0. The summed E-state index contributed by atoms with van der Waals surface area (Å²) >= 11 is 0. The van der Waals surface area contributed by atoms with Crippen molar-refractivity contribution in [3.05, 3.63) is 105 Å². The van der Waals surface area contributed by atoms with Crippen LogP contribution < -0.4 is 0 Å². The van der Waals surface area contributed by atoms with Crippen molar-refractivity contribution in [1.29, 1.82) is 0 Å². The lowest BCUT2D eigenvalue weighted by Crippen LogP contribution is -2.15. The van der Waals surface area contributed by atoms with Crippen LogP contribution in [0.4, 0.5) is 0 Å². The molecular weight excluding hydrogens is 264 g/mol. The van der Waals surface area contributed by atoms with Crippen molar-refractivity contribution in [1.82, 2.24) is 0 Å². The van der Waals surface area contributed by atoms with Crippen LogP contribution in [0, 0.1) is 0 Å². The topological polar surface area (TPSA) is 0 Å². The van der Waals surface area contributed by atoms with Crippen molar-refractivity contribution in [2.24, 2.45) is 0 Å². The van der Waals surface area contributed by atoms with Crippen LogP contribution in [0.15, 0.2) is 60.7 Å². The predicted octanol–water partition coefficient (Wildman–Crippen LogP) is 4.68. The molecule has 0 bridgehead atoms. The van der Waals surface area contributed by atoms with Crippen molar-refractivity contribution in [3.63, 3.8) is 0 Å². The first-order chi connectivity index (χ1) is 10.9. The van der Waals surface area contributed by atoms with Crippen molar-refractivity contribution in [2.45, 2.75) is 25.7 Å². The second-order valence-corrected chi connectivity index (χ2v) is 6.59. The van der Waals surface area contributed by atoms with E-state index < -0.39 is 0 Å². The Labute approximate surface area is 131 Å². The maximum Gasteiger partial charge on any atom is -0.00171 e. The Morgan fingerprint density at radius 3 is 1.14 bits per heavy atom. The molecule has 0 aliphatic heterocycles. The number of benzene rings is 3. The van der Waals surface area contributed by atoms with E-state index in [0.29, 0.717) is 0 Å². The molecule has 5 rings (SSSR count). The van der Waals surface area contributed by atoms with Gasteiger partial charge in [-0.15, -0.1) is 0 Å². The average Bonchev–Trinajstić information content (AvgIpc) is 2.58.